The van der Waals surface area contributed by atoms with Crippen molar-refractivity contribution in [3.05, 3.63) is 65.2 Å². The summed E-state index contributed by atoms with van der Waals surface area (Å²) in [6, 6.07) is 14.8. The van der Waals surface area contributed by atoms with Crippen molar-refractivity contribution >= 4 is 23.7 Å². The molecule has 0 spiro atoms. The minimum atomic E-state index is -0.433. The van der Waals surface area contributed by atoms with E-state index in [1.54, 1.807) is 12.1 Å². The summed E-state index contributed by atoms with van der Waals surface area (Å²) in [5, 5.41) is 0. The lowest BCUT2D eigenvalue weighted by atomic mass is 10.1. The van der Waals surface area contributed by atoms with E-state index in [0.717, 1.165) is 16.8 Å². The van der Waals surface area contributed by atoms with Gasteiger partial charge in [-0.1, -0.05) is 42.5 Å². The first-order valence-corrected chi connectivity index (χ1v) is 5.84. The van der Waals surface area contributed by atoms with Crippen molar-refractivity contribution in [2.45, 2.75) is 0 Å². The van der Waals surface area contributed by atoms with Crippen LogP contribution in [0.4, 0.5) is 5.69 Å². The SMILES string of the molecule is NNc1cccc(C=Cc2ccccc2C(N)=O)c1. The standard InChI is InChI=1S/C15H15N3O/c16-15(19)14-7-2-1-5-12(14)9-8-11-4-3-6-13(10-11)18-17/h1-10,18H,17H2,(H2,16,19). The van der Waals surface area contributed by atoms with E-state index in [9.17, 15) is 4.79 Å². The lowest BCUT2D eigenvalue weighted by Crippen LogP contribution is -2.12. The molecule has 0 bridgehead atoms. The molecule has 0 radical (unpaired) electrons. The normalized spacial score (nSPS) is 10.6. The molecule has 0 unspecified atom stereocenters. The summed E-state index contributed by atoms with van der Waals surface area (Å²) in [4.78, 5) is 11.3. The van der Waals surface area contributed by atoms with Crippen molar-refractivity contribution in [3.8, 4) is 0 Å². The van der Waals surface area contributed by atoms with E-state index < -0.39 is 5.91 Å². The predicted molar refractivity (Wildman–Crippen MR) is 78.1 cm³/mol. The maximum Gasteiger partial charge on any atom is 0.249 e. The molecule has 2 rings (SSSR count). The van der Waals surface area contributed by atoms with Crippen LogP contribution in [0, 0.1) is 0 Å². The van der Waals surface area contributed by atoms with Gasteiger partial charge in [0.2, 0.25) is 5.91 Å². The fourth-order valence-electron chi connectivity index (χ4n) is 1.78. The van der Waals surface area contributed by atoms with Crippen LogP contribution in [-0.2, 0) is 0 Å². The Labute approximate surface area is 111 Å². The van der Waals surface area contributed by atoms with Crippen LogP contribution in [0.5, 0.6) is 0 Å². The molecule has 19 heavy (non-hydrogen) atoms. The molecule has 0 aromatic heterocycles. The van der Waals surface area contributed by atoms with Crippen LogP contribution in [-0.4, -0.2) is 5.91 Å². The Balaban J connectivity index is 2.30. The van der Waals surface area contributed by atoms with Crippen LogP contribution < -0.4 is 17.0 Å². The number of hydrogen-bond donors (Lipinski definition) is 3. The molecule has 0 aliphatic heterocycles. The minimum absolute atomic E-state index is 0.433. The van der Waals surface area contributed by atoms with Gasteiger partial charge < -0.3 is 11.2 Å². The van der Waals surface area contributed by atoms with Crippen LogP contribution >= 0.6 is 0 Å². The third-order valence-corrected chi connectivity index (χ3v) is 2.73. The summed E-state index contributed by atoms with van der Waals surface area (Å²) >= 11 is 0. The third-order valence-electron chi connectivity index (χ3n) is 2.73. The van der Waals surface area contributed by atoms with Gasteiger partial charge in [-0.2, -0.15) is 0 Å². The number of rotatable bonds is 4. The monoisotopic (exact) mass is 253 g/mol. The first kappa shape index (κ1) is 12.9. The molecule has 0 saturated carbocycles. The lowest BCUT2D eigenvalue weighted by molar-refractivity contribution is 0.1000. The van der Waals surface area contributed by atoms with E-state index in [1.807, 2.05) is 48.6 Å². The summed E-state index contributed by atoms with van der Waals surface area (Å²) in [6.07, 6.45) is 3.76. The number of nitrogens with one attached hydrogen (secondary N) is 1. The Kier molecular flexibility index (Phi) is 3.95. The van der Waals surface area contributed by atoms with Crippen molar-refractivity contribution in [2.24, 2.45) is 11.6 Å². The van der Waals surface area contributed by atoms with Crippen molar-refractivity contribution in [2.75, 3.05) is 5.43 Å². The van der Waals surface area contributed by atoms with E-state index in [1.165, 1.54) is 0 Å². The van der Waals surface area contributed by atoms with Crippen LogP contribution in [0.25, 0.3) is 12.2 Å². The Hall–Kier alpha value is -2.59. The Bertz CT molecular complexity index is 620. The maximum absolute atomic E-state index is 11.3. The molecule has 0 aliphatic carbocycles. The van der Waals surface area contributed by atoms with Crippen LogP contribution in [0.15, 0.2) is 48.5 Å². The first-order valence-electron chi connectivity index (χ1n) is 5.84. The van der Waals surface area contributed by atoms with Gasteiger partial charge in [0.1, 0.15) is 0 Å². The molecule has 0 heterocycles. The van der Waals surface area contributed by atoms with Gasteiger partial charge in [-0.25, -0.2) is 0 Å². The smallest absolute Gasteiger partial charge is 0.249 e. The molecule has 0 saturated heterocycles. The number of carbonyl (C=O) groups is 1. The van der Waals surface area contributed by atoms with Crippen molar-refractivity contribution in [1.29, 1.82) is 0 Å². The first-order chi connectivity index (χ1) is 9.20. The number of anilines is 1. The number of hydrogen-bond acceptors (Lipinski definition) is 3. The average Bonchev–Trinajstić information content (AvgIpc) is 2.45. The van der Waals surface area contributed by atoms with Gasteiger partial charge in [-0.05, 0) is 29.3 Å². The van der Waals surface area contributed by atoms with Gasteiger partial charge in [0.15, 0.2) is 0 Å². The lowest BCUT2D eigenvalue weighted by Gasteiger charge is -2.02. The number of carbonyl (C=O) groups excluding carboxylic acids is 1. The van der Waals surface area contributed by atoms with Gasteiger partial charge >= 0.3 is 0 Å². The second-order valence-electron chi connectivity index (χ2n) is 4.05. The largest absolute Gasteiger partial charge is 0.366 e. The highest BCUT2D eigenvalue weighted by Crippen LogP contribution is 2.15. The van der Waals surface area contributed by atoms with Crippen molar-refractivity contribution in [3.63, 3.8) is 0 Å². The summed E-state index contributed by atoms with van der Waals surface area (Å²) in [5.74, 6) is 4.92. The number of nitrogen functional groups attached to an aromatic ring is 1. The molecule has 4 heteroatoms. The van der Waals surface area contributed by atoms with Crippen LogP contribution in [0.1, 0.15) is 21.5 Å². The van der Waals surface area contributed by atoms with Crippen LogP contribution in [0.2, 0.25) is 0 Å². The number of hydrazine groups is 1. The van der Waals surface area contributed by atoms with E-state index in [4.69, 9.17) is 11.6 Å². The van der Waals surface area contributed by atoms with Crippen molar-refractivity contribution in [1.82, 2.24) is 0 Å². The fourth-order valence-corrected chi connectivity index (χ4v) is 1.78. The summed E-state index contributed by atoms with van der Waals surface area (Å²) in [5.41, 5.74) is 11.0. The van der Waals surface area contributed by atoms with Gasteiger partial charge in [0.05, 0.1) is 0 Å². The quantitative estimate of drug-likeness (QED) is 0.444. The molecule has 0 aliphatic rings. The topological polar surface area (TPSA) is 81.1 Å². The molecule has 1 amide bonds. The second kappa shape index (κ2) is 5.84. The van der Waals surface area contributed by atoms with Crippen LogP contribution in [0.3, 0.4) is 0 Å². The highest BCUT2D eigenvalue weighted by molar-refractivity contribution is 5.97. The molecule has 4 nitrogen and oxygen atoms in total. The zero-order chi connectivity index (χ0) is 13.7. The highest BCUT2D eigenvalue weighted by Gasteiger charge is 2.03. The summed E-state index contributed by atoms with van der Waals surface area (Å²) in [6.45, 7) is 0. The summed E-state index contributed by atoms with van der Waals surface area (Å²) < 4.78 is 0. The molecule has 96 valence electrons. The summed E-state index contributed by atoms with van der Waals surface area (Å²) in [7, 11) is 0. The molecule has 0 atom stereocenters. The highest BCUT2D eigenvalue weighted by atomic mass is 16.1. The molecule has 0 fully saturated rings. The van der Waals surface area contributed by atoms with E-state index in [-0.39, 0.29) is 0 Å². The van der Waals surface area contributed by atoms with Gasteiger partial charge in [-0.3, -0.25) is 10.6 Å². The number of amides is 1. The van der Waals surface area contributed by atoms with Gasteiger partial charge in [0, 0.05) is 11.3 Å². The molecule has 2 aromatic carbocycles. The average molecular weight is 253 g/mol. The Morgan fingerprint density at radius 1 is 1.05 bits per heavy atom. The zero-order valence-corrected chi connectivity index (χ0v) is 10.3. The molecular formula is C15H15N3O. The minimum Gasteiger partial charge on any atom is -0.366 e. The number of nitrogens with two attached hydrogens (primary N) is 2. The molecule has 5 N–H and O–H groups in total. The number of benzene rings is 2. The zero-order valence-electron chi connectivity index (χ0n) is 10.3. The van der Waals surface area contributed by atoms with E-state index in [2.05, 4.69) is 5.43 Å². The molecule has 2 aromatic rings. The Morgan fingerprint density at radius 3 is 2.58 bits per heavy atom. The predicted octanol–water partition coefficient (Wildman–Crippen LogP) is 2.24. The molecular weight excluding hydrogens is 238 g/mol. The van der Waals surface area contributed by atoms with Gasteiger partial charge in [-0.15, -0.1) is 0 Å². The Morgan fingerprint density at radius 2 is 1.84 bits per heavy atom. The maximum atomic E-state index is 11.3. The fraction of sp³-hybridized carbons (Fsp3) is 0. The van der Waals surface area contributed by atoms with Gasteiger partial charge in [0.25, 0.3) is 0 Å². The third kappa shape index (κ3) is 3.20. The van der Waals surface area contributed by atoms with Crippen molar-refractivity contribution < 1.29 is 4.79 Å². The van der Waals surface area contributed by atoms with E-state index in [0.29, 0.717) is 5.56 Å². The van der Waals surface area contributed by atoms with E-state index >= 15 is 0 Å². The number of primary amides is 1. The second-order valence-corrected chi connectivity index (χ2v) is 4.05.